The Morgan fingerprint density at radius 3 is 2.02 bits per heavy atom. The molecule has 3 unspecified atom stereocenters. The van der Waals surface area contributed by atoms with Crippen molar-refractivity contribution in [3.8, 4) is 0 Å². The molecule has 1 aliphatic rings. The summed E-state index contributed by atoms with van der Waals surface area (Å²) in [5.41, 5.74) is 0.198. The first kappa shape index (κ1) is 44.1. The summed E-state index contributed by atoms with van der Waals surface area (Å²) >= 11 is 0. The number of benzene rings is 2. The van der Waals surface area contributed by atoms with Crippen molar-refractivity contribution < 1.29 is 66.5 Å². The molecule has 0 saturated carbocycles. The zero-order chi connectivity index (χ0) is 39.1. The van der Waals surface area contributed by atoms with E-state index in [1.54, 1.807) is 6.07 Å². The summed E-state index contributed by atoms with van der Waals surface area (Å²) in [6, 6.07) is 6.81. The van der Waals surface area contributed by atoms with Gasteiger partial charge < -0.3 is 45.6 Å². The normalized spacial score (nSPS) is 22.2. The largest absolute Gasteiger partial charge is 0.416 e. The molecule has 7 N–H and O–H groups in total. The van der Waals surface area contributed by atoms with Gasteiger partial charge in [-0.15, -0.1) is 0 Å². The van der Waals surface area contributed by atoms with Crippen LogP contribution in [-0.4, -0.2) is 99.5 Å². The van der Waals surface area contributed by atoms with Crippen LogP contribution >= 0.6 is 0 Å². The Morgan fingerprint density at radius 1 is 0.811 bits per heavy atom. The lowest BCUT2D eigenvalue weighted by molar-refractivity contribution is -0.297. The topological polar surface area (TPSA) is 178 Å². The van der Waals surface area contributed by atoms with E-state index < -0.39 is 90.8 Å². The number of unbranched alkanes of at least 4 members (excludes halogenated alkanes) is 7. The molecular formula is C37H51F5N2O9. The van der Waals surface area contributed by atoms with Crippen LogP contribution < -0.4 is 10.6 Å². The maximum Gasteiger partial charge on any atom is 0.416 e. The van der Waals surface area contributed by atoms with E-state index in [1.807, 2.05) is 0 Å². The van der Waals surface area contributed by atoms with Gasteiger partial charge in [-0.05, 0) is 61.6 Å². The van der Waals surface area contributed by atoms with E-state index in [0.717, 1.165) is 80.8 Å². The highest BCUT2D eigenvalue weighted by atomic mass is 19.4. The monoisotopic (exact) mass is 762 g/mol. The summed E-state index contributed by atoms with van der Waals surface area (Å²) in [6.45, 7) is 0.480. The van der Waals surface area contributed by atoms with Crippen LogP contribution in [0.1, 0.15) is 81.4 Å². The van der Waals surface area contributed by atoms with E-state index >= 15 is 0 Å². The van der Waals surface area contributed by atoms with Crippen LogP contribution in [0.3, 0.4) is 0 Å². The van der Waals surface area contributed by atoms with Crippen LogP contribution in [0.4, 0.5) is 22.0 Å². The Kier molecular flexibility index (Phi) is 18.0. The number of aliphatic hydroxyl groups excluding tert-OH is 5. The molecule has 1 aliphatic heterocycles. The van der Waals surface area contributed by atoms with E-state index in [9.17, 15) is 57.1 Å². The van der Waals surface area contributed by atoms with Crippen LogP contribution in [0.15, 0.2) is 42.5 Å². The number of aliphatic hydroxyl groups is 5. The number of ether oxygens (including phenoxy) is 2. The Bertz CT molecular complexity index is 1420. The van der Waals surface area contributed by atoms with Gasteiger partial charge in [0.05, 0.1) is 30.7 Å². The highest BCUT2D eigenvalue weighted by molar-refractivity contribution is 5.78. The van der Waals surface area contributed by atoms with Gasteiger partial charge in [0.1, 0.15) is 30.5 Å². The number of nitrogens with one attached hydrogen (secondary N) is 2. The molecule has 1 heterocycles. The average Bonchev–Trinajstić information content (AvgIpc) is 3.11. The first-order valence-corrected chi connectivity index (χ1v) is 17.9. The number of amides is 2. The summed E-state index contributed by atoms with van der Waals surface area (Å²) in [4.78, 5) is 25.1. The van der Waals surface area contributed by atoms with Gasteiger partial charge >= 0.3 is 6.18 Å². The maximum atomic E-state index is 13.3. The van der Waals surface area contributed by atoms with Crippen molar-refractivity contribution in [1.82, 2.24) is 10.6 Å². The molecule has 2 aromatic carbocycles. The second kappa shape index (κ2) is 21.6. The zero-order valence-corrected chi connectivity index (χ0v) is 29.6. The second-order valence-electron chi connectivity index (χ2n) is 13.5. The van der Waals surface area contributed by atoms with E-state index in [2.05, 4.69) is 10.6 Å². The number of aryl methyl sites for hydroxylation is 1. The van der Waals surface area contributed by atoms with Crippen molar-refractivity contribution in [2.24, 2.45) is 0 Å². The molecule has 3 rings (SSSR count). The number of halogens is 5. The fourth-order valence-corrected chi connectivity index (χ4v) is 5.91. The fraction of sp³-hybridized carbons (Fsp3) is 0.622. The van der Waals surface area contributed by atoms with Crippen molar-refractivity contribution in [2.45, 2.75) is 133 Å². The highest BCUT2D eigenvalue weighted by Crippen LogP contribution is 2.29. The van der Waals surface area contributed by atoms with E-state index in [1.165, 1.54) is 13.0 Å². The molecule has 2 amide bonds. The molecular weight excluding hydrogens is 711 g/mol. The molecule has 1 saturated heterocycles. The molecule has 53 heavy (non-hydrogen) atoms. The number of alkyl halides is 3. The van der Waals surface area contributed by atoms with Crippen molar-refractivity contribution in [2.75, 3.05) is 13.2 Å². The van der Waals surface area contributed by atoms with Gasteiger partial charge in [-0.3, -0.25) is 9.59 Å². The molecule has 0 aliphatic carbocycles. The minimum Gasteiger partial charge on any atom is -0.391 e. The van der Waals surface area contributed by atoms with Crippen molar-refractivity contribution >= 4 is 11.8 Å². The molecule has 0 spiro atoms. The van der Waals surface area contributed by atoms with Gasteiger partial charge in [-0.2, -0.15) is 13.2 Å². The van der Waals surface area contributed by atoms with Crippen LogP contribution in [0, 0.1) is 11.6 Å². The number of rotatable bonds is 21. The third-order valence-corrected chi connectivity index (χ3v) is 9.11. The number of carbonyl (C=O) groups excluding carboxylic acids is 2. The van der Waals surface area contributed by atoms with Crippen molar-refractivity contribution in [1.29, 1.82) is 0 Å². The lowest BCUT2D eigenvalue weighted by atomic mass is 9.98. The molecule has 2 aromatic rings. The summed E-state index contributed by atoms with van der Waals surface area (Å²) in [6.07, 6.45) is -7.72. The molecule has 1 fully saturated rings. The van der Waals surface area contributed by atoms with Crippen LogP contribution in [0.25, 0.3) is 0 Å². The molecule has 8 atom stereocenters. The van der Waals surface area contributed by atoms with Crippen LogP contribution in [0.2, 0.25) is 0 Å². The van der Waals surface area contributed by atoms with E-state index in [4.69, 9.17) is 9.47 Å². The molecule has 11 nitrogen and oxygen atoms in total. The van der Waals surface area contributed by atoms with Gasteiger partial charge in [0.2, 0.25) is 11.8 Å². The summed E-state index contributed by atoms with van der Waals surface area (Å²) in [5.74, 6) is -2.72. The lowest BCUT2D eigenvalue weighted by Crippen LogP contribution is -2.61. The van der Waals surface area contributed by atoms with Crippen LogP contribution in [0.5, 0.6) is 0 Å². The summed E-state index contributed by atoms with van der Waals surface area (Å²) in [7, 11) is 0. The minimum absolute atomic E-state index is 0.138. The Balaban J connectivity index is 1.38. The first-order chi connectivity index (χ1) is 25.1. The quantitative estimate of drug-likeness (QED) is 0.0742. The predicted octanol–water partition coefficient (Wildman–Crippen LogP) is 3.45. The minimum atomic E-state index is -4.52. The van der Waals surface area contributed by atoms with Crippen LogP contribution in [-0.2, 0) is 38.1 Å². The Labute approximate surface area is 305 Å². The number of carbonyl (C=O) groups is 2. The third-order valence-electron chi connectivity index (χ3n) is 9.11. The Hall–Kier alpha value is -3.25. The highest BCUT2D eigenvalue weighted by Gasteiger charge is 2.45. The van der Waals surface area contributed by atoms with Crippen molar-refractivity contribution in [3.63, 3.8) is 0 Å². The smallest absolute Gasteiger partial charge is 0.391 e. The molecule has 298 valence electrons. The predicted molar refractivity (Wildman–Crippen MR) is 182 cm³/mol. The number of hydrogen-bond donors (Lipinski definition) is 7. The molecule has 0 bridgehead atoms. The van der Waals surface area contributed by atoms with E-state index in [0.29, 0.717) is 18.4 Å². The number of hydrogen-bond acceptors (Lipinski definition) is 9. The molecule has 0 radical (unpaired) electrons. The van der Waals surface area contributed by atoms with Gasteiger partial charge in [0, 0.05) is 13.0 Å². The average molecular weight is 763 g/mol. The summed E-state index contributed by atoms with van der Waals surface area (Å²) in [5, 5.41) is 56.9. The summed E-state index contributed by atoms with van der Waals surface area (Å²) < 4.78 is 76.0. The zero-order valence-electron chi connectivity index (χ0n) is 29.6. The SMILES string of the molecule is C[C@@H](O)[C@@H](O)[C@H](CO[C@H]1OC(CNC(=O)Cc2ccc(C(F)(F)F)cc2)[C@H](O)C(O)C1O)NC(=O)CCCCCCCCCCc1ccc(F)c(F)c1. The second-order valence-corrected chi connectivity index (χ2v) is 13.5. The van der Waals surface area contributed by atoms with Gasteiger partial charge in [-0.25, -0.2) is 8.78 Å². The maximum absolute atomic E-state index is 13.3. The molecule has 16 heteroatoms. The lowest BCUT2D eigenvalue weighted by Gasteiger charge is -2.41. The fourth-order valence-electron chi connectivity index (χ4n) is 5.91. The van der Waals surface area contributed by atoms with Crippen molar-refractivity contribution in [3.05, 3.63) is 70.8 Å². The standard InChI is InChI=1S/C37H51F5N2O9/c1-22(45)32(48)28(44-30(46)11-9-7-5-3-2-4-6-8-10-23-14-17-26(38)27(39)18-23)21-52-36-35(51)34(50)33(49)29(53-36)20-43-31(47)19-24-12-15-25(16-13-24)37(40,41)42/h12-18,22,28-29,32-36,45,48-51H,2-11,19-21H2,1H3,(H,43,47)(H,44,46)/t22-,28+,29?,32-,33+,34?,35?,36+/m1/s1. The Morgan fingerprint density at radius 2 is 1.42 bits per heavy atom. The van der Waals surface area contributed by atoms with Gasteiger partial charge in [0.25, 0.3) is 0 Å². The molecule has 0 aromatic heterocycles. The first-order valence-electron chi connectivity index (χ1n) is 17.9. The van der Waals surface area contributed by atoms with Gasteiger partial charge in [0.15, 0.2) is 17.9 Å². The van der Waals surface area contributed by atoms with E-state index in [-0.39, 0.29) is 19.4 Å². The third kappa shape index (κ3) is 14.8. The van der Waals surface area contributed by atoms with Gasteiger partial charge in [-0.1, -0.05) is 56.7 Å².